The molecule has 5 nitrogen and oxygen atoms in total. The van der Waals surface area contributed by atoms with E-state index in [1.807, 2.05) is 0 Å². The van der Waals surface area contributed by atoms with Crippen molar-refractivity contribution in [3.05, 3.63) is 40.2 Å². The second kappa shape index (κ2) is 4.74. The lowest BCUT2D eigenvalue weighted by molar-refractivity contribution is 0.393. The Labute approximate surface area is 113 Å². The average Bonchev–Trinajstić information content (AvgIpc) is 2.61. The van der Waals surface area contributed by atoms with Gasteiger partial charge >= 0.3 is 0 Å². The molecule has 0 aliphatic heterocycles. The maximum absolute atomic E-state index is 12.1. The van der Waals surface area contributed by atoms with Gasteiger partial charge in [0.15, 0.2) is 5.76 Å². The molecule has 0 saturated carbocycles. The smallest absolute Gasteiger partial charge is 0.262 e. The first-order valence-corrected chi connectivity index (χ1v) is 7.39. The molecule has 2 aromatic rings. The van der Waals surface area contributed by atoms with Crippen LogP contribution in [0.4, 0.5) is 5.69 Å². The van der Waals surface area contributed by atoms with E-state index in [-0.39, 0.29) is 4.90 Å². The van der Waals surface area contributed by atoms with Crippen LogP contribution < -0.4 is 4.72 Å². The number of nitrogens with zero attached hydrogens (tertiary/aromatic N) is 1. The zero-order valence-corrected chi connectivity index (χ0v) is 12.2. The highest BCUT2D eigenvalue weighted by atomic mass is 79.9. The van der Waals surface area contributed by atoms with Crippen molar-refractivity contribution < 1.29 is 12.9 Å². The second-order valence-electron chi connectivity index (χ2n) is 3.76. The Hall–Kier alpha value is -1.34. The van der Waals surface area contributed by atoms with Crippen molar-refractivity contribution in [2.45, 2.75) is 18.7 Å². The summed E-state index contributed by atoms with van der Waals surface area (Å²) in [6.07, 6.45) is 0. The summed E-state index contributed by atoms with van der Waals surface area (Å²) in [5, 5.41) is 3.70. The highest BCUT2D eigenvalue weighted by Gasteiger charge is 2.18. The van der Waals surface area contributed by atoms with E-state index >= 15 is 0 Å². The summed E-state index contributed by atoms with van der Waals surface area (Å²) in [4.78, 5) is 0.186. The SMILES string of the molecule is Cc1noc(C)c1NS(=O)(=O)c1ccc(Br)cc1. The Balaban J connectivity index is 2.36. The standard InChI is InChI=1S/C11H11BrN2O3S/c1-7-11(8(2)17-13-7)14-18(15,16)10-5-3-9(12)4-6-10/h3-6,14H,1-2H3. The summed E-state index contributed by atoms with van der Waals surface area (Å²) in [6.45, 7) is 3.33. The van der Waals surface area contributed by atoms with Crippen LogP contribution in [-0.4, -0.2) is 13.6 Å². The van der Waals surface area contributed by atoms with Crippen molar-refractivity contribution in [3.63, 3.8) is 0 Å². The number of hydrogen-bond donors (Lipinski definition) is 1. The fraction of sp³-hybridized carbons (Fsp3) is 0.182. The first-order chi connectivity index (χ1) is 8.40. The molecule has 1 aromatic carbocycles. The molecule has 0 unspecified atom stereocenters. The number of halogens is 1. The van der Waals surface area contributed by atoms with Crippen LogP contribution in [0, 0.1) is 13.8 Å². The normalized spacial score (nSPS) is 11.5. The molecule has 0 aliphatic carbocycles. The maximum Gasteiger partial charge on any atom is 0.262 e. The topological polar surface area (TPSA) is 72.2 Å². The highest BCUT2D eigenvalue weighted by Crippen LogP contribution is 2.23. The molecule has 2 rings (SSSR count). The van der Waals surface area contributed by atoms with Crippen molar-refractivity contribution >= 4 is 31.6 Å². The summed E-state index contributed by atoms with van der Waals surface area (Å²) in [7, 11) is -3.62. The quantitative estimate of drug-likeness (QED) is 0.939. The molecule has 0 saturated heterocycles. The zero-order valence-electron chi connectivity index (χ0n) is 9.77. The fourth-order valence-electron chi connectivity index (χ4n) is 1.44. The van der Waals surface area contributed by atoms with Crippen LogP contribution in [0.1, 0.15) is 11.5 Å². The van der Waals surface area contributed by atoms with Gasteiger partial charge in [0.05, 0.1) is 4.90 Å². The lowest BCUT2D eigenvalue weighted by atomic mass is 10.3. The van der Waals surface area contributed by atoms with E-state index in [9.17, 15) is 8.42 Å². The Kier molecular flexibility index (Phi) is 3.45. The van der Waals surface area contributed by atoms with E-state index in [0.29, 0.717) is 17.1 Å². The lowest BCUT2D eigenvalue weighted by Gasteiger charge is -2.07. The van der Waals surface area contributed by atoms with Gasteiger partial charge < -0.3 is 4.52 Å². The summed E-state index contributed by atoms with van der Waals surface area (Å²) in [5.74, 6) is 0.438. The molecule has 0 radical (unpaired) electrons. The van der Waals surface area contributed by atoms with Crippen LogP contribution >= 0.6 is 15.9 Å². The molecule has 0 amide bonds. The Morgan fingerprint density at radius 3 is 2.33 bits per heavy atom. The van der Waals surface area contributed by atoms with E-state index in [0.717, 1.165) is 4.47 Å². The van der Waals surface area contributed by atoms with Crippen molar-refractivity contribution in [2.24, 2.45) is 0 Å². The molecular formula is C11H11BrN2O3S. The molecule has 0 fully saturated rings. The molecule has 7 heteroatoms. The second-order valence-corrected chi connectivity index (χ2v) is 6.36. The third-order valence-corrected chi connectivity index (χ3v) is 4.29. The van der Waals surface area contributed by atoms with Gasteiger partial charge in [0.1, 0.15) is 11.4 Å². The van der Waals surface area contributed by atoms with E-state index in [4.69, 9.17) is 4.52 Å². The number of aromatic nitrogens is 1. The zero-order chi connectivity index (χ0) is 13.3. The van der Waals surface area contributed by atoms with Crippen molar-refractivity contribution in [1.82, 2.24) is 5.16 Å². The Morgan fingerprint density at radius 2 is 1.83 bits per heavy atom. The van der Waals surface area contributed by atoms with Gasteiger partial charge in [0.25, 0.3) is 10.0 Å². The van der Waals surface area contributed by atoms with Crippen LogP contribution in [0.2, 0.25) is 0 Å². The number of rotatable bonds is 3. The summed E-state index contributed by atoms with van der Waals surface area (Å²) < 4.78 is 32.4. The molecule has 0 aliphatic rings. The monoisotopic (exact) mass is 330 g/mol. The van der Waals surface area contributed by atoms with Crippen molar-refractivity contribution in [1.29, 1.82) is 0 Å². The van der Waals surface area contributed by atoms with Gasteiger partial charge in [-0.2, -0.15) is 0 Å². The van der Waals surface area contributed by atoms with Crippen LogP contribution in [-0.2, 0) is 10.0 Å². The van der Waals surface area contributed by atoms with Gasteiger partial charge in [-0.05, 0) is 38.1 Å². The first kappa shape index (κ1) is 13.1. The van der Waals surface area contributed by atoms with E-state index in [1.165, 1.54) is 12.1 Å². The predicted molar refractivity (Wildman–Crippen MR) is 70.9 cm³/mol. The van der Waals surface area contributed by atoms with Gasteiger partial charge in [-0.15, -0.1) is 0 Å². The molecule has 1 N–H and O–H groups in total. The summed E-state index contributed by atoms with van der Waals surface area (Å²) in [6, 6.07) is 6.37. The molecule has 0 spiro atoms. The summed E-state index contributed by atoms with van der Waals surface area (Å²) >= 11 is 3.26. The van der Waals surface area contributed by atoms with E-state index in [1.54, 1.807) is 26.0 Å². The van der Waals surface area contributed by atoms with Gasteiger partial charge in [0.2, 0.25) is 0 Å². The van der Waals surface area contributed by atoms with Crippen LogP contribution in [0.5, 0.6) is 0 Å². The van der Waals surface area contributed by atoms with Gasteiger partial charge in [-0.25, -0.2) is 8.42 Å². The molecule has 0 bridgehead atoms. The predicted octanol–water partition coefficient (Wildman–Crippen LogP) is 2.85. The highest BCUT2D eigenvalue weighted by molar-refractivity contribution is 9.10. The third kappa shape index (κ3) is 2.56. The lowest BCUT2D eigenvalue weighted by Crippen LogP contribution is -2.13. The number of sulfonamides is 1. The Morgan fingerprint density at radius 1 is 1.22 bits per heavy atom. The first-order valence-electron chi connectivity index (χ1n) is 5.11. The van der Waals surface area contributed by atoms with Gasteiger partial charge in [-0.3, -0.25) is 4.72 Å². The van der Waals surface area contributed by atoms with Crippen molar-refractivity contribution in [2.75, 3.05) is 4.72 Å². The number of hydrogen-bond acceptors (Lipinski definition) is 4. The molecular weight excluding hydrogens is 320 g/mol. The molecule has 0 atom stereocenters. The summed E-state index contributed by atoms with van der Waals surface area (Å²) in [5.41, 5.74) is 0.895. The minimum atomic E-state index is -3.62. The molecule has 1 aromatic heterocycles. The van der Waals surface area contributed by atoms with E-state index in [2.05, 4.69) is 25.8 Å². The minimum absolute atomic E-state index is 0.186. The van der Waals surface area contributed by atoms with Gasteiger partial charge in [-0.1, -0.05) is 21.1 Å². The minimum Gasteiger partial charge on any atom is -0.359 e. The van der Waals surface area contributed by atoms with Crippen molar-refractivity contribution in [3.8, 4) is 0 Å². The van der Waals surface area contributed by atoms with Crippen LogP contribution in [0.15, 0.2) is 38.2 Å². The van der Waals surface area contributed by atoms with Crippen LogP contribution in [0.3, 0.4) is 0 Å². The van der Waals surface area contributed by atoms with Crippen LogP contribution in [0.25, 0.3) is 0 Å². The number of aryl methyl sites for hydroxylation is 2. The van der Waals surface area contributed by atoms with E-state index < -0.39 is 10.0 Å². The molecule has 1 heterocycles. The molecule has 18 heavy (non-hydrogen) atoms. The van der Waals surface area contributed by atoms with Gasteiger partial charge in [0, 0.05) is 4.47 Å². The molecule has 96 valence electrons. The number of anilines is 1. The third-order valence-electron chi connectivity index (χ3n) is 2.39. The maximum atomic E-state index is 12.1. The number of benzene rings is 1. The average molecular weight is 331 g/mol. The number of nitrogens with one attached hydrogen (secondary N) is 1. The largest absolute Gasteiger partial charge is 0.359 e. The Bertz CT molecular complexity index is 643. The fourth-order valence-corrected chi connectivity index (χ4v) is 2.87.